The second kappa shape index (κ2) is 11.2. The second-order valence-electron chi connectivity index (χ2n) is 11.6. The van der Waals surface area contributed by atoms with Gasteiger partial charge in [0.25, 0.3) is 11.7 Å². The van der Waals surface area contributed by atoms with Gasteiger partial charge in [0.05, 0.1) is 31.4 Å². The number of anilines is 1. The van der Waals surface area contributed by atoms with Gasteiger partial charge in [-0.05, 0) is 70.8 Å². The van der Waals surface area contributed by atoms with Crippen LogP contribution in [0.4, 0.5) is 5.69 Å². The molecule has 3 aromatic carbocycles. The number of Topliss-reactive ketones (excluding diaryl/α,β-unsaturated/α-hetero) is 1. The Hall–Kier alpha value is -4.39. The van der Waals surface area contributed by atoms with Gasteiger partial charge >= 0.3 is 5.97 Å². The first-order chi connectivity index (χ1) is 19.3. The summed E-state index contributed by atoms with van der Waals surface area (Å²) in [6.07, 6.45) is 0. The Kier molecular flexibility index (Phi) is 8.11. The minimum Gasteiger partial charge on any atom is -0.507 e. The van der Waals surface area contributed by atoms with Gasteiger partial charge in [0, 0.05) is 11.3 Å². The van der Waals surface area contributed by atoms with Gasteiger partial charge in [-0.2, -0.15) is 0 Å². The first-order valence-corrected chi connectivity index (χ1v) is 13.6. The molecule has 1 amide bonds. The topological polar surface area (TPSA) is 93.1 Å². The fourth-order valence-corrected chi connectivity index (χ4v) is 5.21. The highest BCUT2D eigenvalue weighted by Crippen LogP contribution is 2.44. The van der Waals surface area contributed by atoms with E-state index in [1.807, 2.05) is 57.2 Å². The maximum Gasteiger partial charge on any atom is 0.337 e. The minimum atomic E-state index is -0.930. The number of esters is 1. The first kappa shape index (κ1) is 29.6. The molecule has 214 valence electrons. The number of ketones is 1. The van der Waals surface area contributed by atoms with Crippen molar-refractivity contribution in [1.29, 1.82) is 0 Å². The van der Waals surface area contributed by atoms with Crippen LogP contribution in [0.5, 0.6) is 5.75 Å². The van der Waals surface area contributed by atoms with Crippen LogP contribution < -0.4 is 9.64 Å². The Balaban J connectivity index is 1.99. The molecule has 41 heavy (non-hydrogen) atoms. The van der Waals surface area contributed by atoms with E-state index in [1.165, 1.54) is 18.1 Å². The van der Waals surface area contributed by atoms with Crippen LogP contribution in [-0.2, 0) is 19.7 Å². The molecule has 0 radical (unpaired) electrons. The zero-order valence-electron chi connectivity index (χ0n) is 24.9. The molecule has 0 saturated carbocycles. The first-order valence-electron chi connectivity index (χ1n) is 13.6. The van der Waals surface area contributed by atoms with Gasteiger partial charge in [0.1, 0.15) is 11.5 Å². The van der Waals surface area contributed by atoms with Gasteiger partial charge < -0.3 is 14.6 Å². The fraction of sp³-hybridized carbons (Fsp3) is 0.324. The number of nitrogens with zero attached hydrogens (tertiary/aromatic N) is 1. The van der Waals surface area contributed by atoms with E-state index in [9.17, 15) is 19.5 Å². The van der Waals surface area contributed by atoms with Crippen LogP contribution >= 0.6 is 0 Å². The van der Waals surface area contributed by atoms with Crippen LogP contribution in [-0.4, -0.2) is 37.0 Å². The molecule has 0 aliphatic carbocycles. The van der Waals surface area contributed by atoms with Crippen LogP contribution in [0.3, 0.4) is 0 Å². The van der Waals surface area contributed by atoms with Crippen LogP contribution in [0.25, 0.3) is 5.76 Å². The lowest BCUT2D eigenvalue weighted by atomic mass is 9.85. The molecule has 1 aliphatic rings. The van der Waals surface area contributed by atoms with Crippen LogP contribution in [0.15, 0.2) is 66.2 Å². The normalized spacial score (nSPS) is 16.8. The molecule has 1 aliphatic heterocycles. The standard InChI is InChI=1S/C34H37NO6/c1-19(2)25-18-26(20(3)16-27(25)40-7)30(36)28-29(21-12-14-23(15-13-21)34(4,5)6)35(32(38)31(28)37)24-11-9-10-22(17-24)33(39)41-8/h9-19,29,36H,1-8H3/b30-28+. The number of benzene rings is 3. The smallest absolute Gasteiger partial charge is 0.337 e. The number of ether oxygens (including phenoxy) is 2. The number of aryl methyl sites for hydroxylation is 1. The van der Waals surface area contributed by atoms with Crippen molar-refractivity contribution in [2.75, 3.05) is 19.1 Å². The van der Waals surface area contributed by atoms with Gasteiger partial charge in [0.15, 0.2) is 0 Å². The molecule has 0 spiro atoms. The SMILES string of the molecule is COC(=O)c1cccc(N2C(=O)C(=O)/C(=C(/O)c3cc(C(C)C)c(OC)cc3C)C2c2ccc(C(C)(C)C)cc2)c1. The third-order valence-electron chi connectivity index (χ3n) is 7.54. The van der Waals surface area contributed by atoms with Crippen molar-refractivity contribution >= 4 is 29.1 Å². The summed E-state index contributed by atoms with van der Waals surface area (Å²) in [6.45, 7) is 12.2. The Labute approximate surface area is 241 Å². The Morgan fingerprint density at radius 1 is 0.976 bits per heavy atom. The lowest BCUT2D eigenvalue weighted by Crippen LogP contribution is -2.29. The average Bonchev–Trinajstić information content (AvgIpc) is 3.21. The molecule has 1 saturated heterocycles. The van der Waals surface area contributed by atoms with Gasteiger partial charge in [-0.3, -0.25) is 14.5 Å². The van der Waals surface area contributed by atoms with Crippen molar-refractivity contribution < 1.29 is 29.0 Å². The number of rotatable bonds is 6. The highest BCUT2D eigenvalue weighted by molar-refractivity contribution is 6.51. The number of hydrogen-bond donors (Lipinski definition) is 1. The van der Waals surface area contributed by atoms with Gasteiger partial charge in [-0.25, -0.2) is 4.79 Å². The molecule has 7 nitrogen and oxygen atoms in total. The average molecular weight is 556 g/mol. The lowest BCUT2D eigenvalue weighted by molar-refractivity contribution is -0.132. The third-order valence-corrected chi connectivity index (χ3v) is 7.54. The molecule has 4 rings (SSSR count). The Morgan fingerprint density at radius 3 is 2.20 bits per heavy atom. The van der Waals surface area contributed by atoms with Gasteiger partial charge in [-0.15, -0.1) is 0 Å². The van der Waals surface area contributed by atoms with Crippen molar-refractivity contribution in [3.05, 3.63) is 99.6 Å². The van der Waals surface area contributed by atoms with Gasteiger partial charge in [-0.1, -0.05) is 65.0 Å². The molecular weight excluding hydrogens is 518 g/mol. The molecule has 7 heteroatoms. The van der Waals surface area contributed by atoms with E-state index in [1.54, 1.807) is 25.3 Å². The number of carbonyl (C=O) groups is 3. The largest absolute Gasteiger partial charge is 0.507 e. The molecule has 0 aromatic heterocycles. The number of carbonyl (C=O) groups excluding carboxylic acids is 3. The zero-order valence-corrected chi connectivity index (χ0v) is 24.9. The molecule has 3 aromatic rings. The van der Waals surface area contributed by atoms with Crippen molar-refractivity contribution in [2.24, 2.45) is 0 Å². The molecule has 0 bridgehead atoms. The summed E-state index contributed by atoms with van der Waals surface area (Å²) in [7, 11) is 2.87. The van der Waals surface area contributed by atoms with E-state index in [-0.39, 0.29) is 28.2 Å². The zero-order chi connectivity index (χ0) is 30.2. The molecule has 1 N–H and O–H groups in total. The van der Waals surface area contributed by atoms with E-state index in [0.29, 0.717) is 28.1 Å². The molecule has 1 fully saturated rings. The quantitative estimate of drug-likeness (QED) is 0.155. The number of aliphatic hydroxyl groups excluding tert-OH is 1. The van der Waals surface area contributed by atoms with E-state index in [4.69, 9.17) is 9.47 Å². The fourth-order valence-electron chi connectivity index (χ4n) is 5.21. The number of amides is 1. The summed E-state index contributed by atoms with van der Waals surface area (Å²) < 4.78 is 10.4. The van der Waals surface area contributed by atoms with Gasteiger partial charge in [0.2, 0.25) is 0 Å². The van der Waals surface area contributed by atoms with E-state index in [0.717, 1.165) is 11.1 Å². The number of hydrogen-bond acceptors (Lipinski definition) is 6. The number of methoxy groups -OCH3 is 2. The molecular formula is C34H37NO6. The number of aliphatic hydroxyl groups is 1. The predicted molar refractivity (Wildman–Crippen MR) is 160 cm³/mol. The Morgan fingerprint density at radius 2 is 1.63 bits per heavy atom. The Bertz CT molecular complexity index is 1540. The van der Waals surface area contributed by atoms with Crippen molar-refractivity contribution in [3.8, 4) is 5.75 Å². The van der Waals surface area contributed by atoms with Crippen molar-refractivity contribution in [1.82, 2.24) is 0 Å². The molecule has 1 atom stereocenters. The maximum atomic E-state index is 13.7. The molecule has 1 heterocycles. The summed E-state index contributed by atoms with van der Waals surface area (Å²) in [5.41, 5.74) is 4.20. The van der Waals surface area contributed by atoms with E-state index >= 15 is 0 Å². The van der Waals surface area contributed by atoms with Crippen molar-refractivity contribution in [2.45, 2.75) is 58.9 Å². The molecule has 1 unspecified atom stereocenters. The van der Waals surface area contributed by atoms with Crippen LogP contribution in [0.1, 0.15) is 84.8 Å². The van der Waals surface area contributed by atoms with E-state index in [2.05, 4.69) is 20.8 Å². The van der Waals surface area contributed by atoms with E-state index < -0.39 is 23.7 Å². The predicted octanol–water partition coefficient (Wildman–Crippen LogP) is 6.84. The summed E-state index contributed by atoms with van der Waals surface area (Å²) in [5, 5.41) is 11.8. The summed E-state index contributed by atoms with van der Waals surface area (Å²) in [5.74, 6) is -1.66. The lowest BCUT2D eigenvalue weighted by Gasteiger charge is -2.27. The van der Waals surface area contributed by atoms with Crippen molar-refractivity contribution in [3.63, 3.8) is 0 Å². The highest BCUT2D eigenvalue weighted by Gasteiger charge is 2.47. The summed E-state index contributed by atoms with van der Waals surface area (Å²) >= 11 is 0. The minimum absolute atomic E-state index is 0.0232. The second-order valence-corrected chi connectivity index (χ2v) is 11.6. The monoisotopic (exact) mass is 555 g/mol. The summed E-state index contributed by atoms with van der Waals surface area (Å²) in [4.78, 5) is 41.0. The highest BCUT2D eigenvalue weighted by atomic mass is 16.5. The summed E-state index contributed by atoms with van der Waals surface area (Å²) in [6, 6.07) is 16.8. The maximum absolute atomic E-state index is 13.7. The third kappa shape index (κ3) is 5.49. The van der Waals surface area contributed by atoms with Crippen LogP contribution in [0.2, 0.25) is 0 Å². The van der Waals surface area contributed by atoms with Crippen LogP contribution in [0, 0.1) is 6.92 Å².